The molecule has 1 atom stereocenters. The average Bonchev–Trinajstić information content (AvgIpc) is 3.37. The van der Waals surface area contributed by atoms with E-state index in [0.29, 0.717) is 43.7 Å². The molecule has 1 saturated heterocycles. The second-order valence-electron chi connectivity index (χ2n) is 7.35. The number of likely N-dealkylation sites (N-methyl/N-ethyl adjacent to an activating group) is 1. The summed E-state index contributed by atoms with van der Waals surface area (Å²) >= 11 is 1.58. The normalized spacial score (nSPS) is 18.2. The Kier molecular flexibility index (Phi) is 7.72. The molecule has 5 N–H and O–H groups in total. The van der Waals surface area contributed by atoms with Crippen LogP contribution >= 0.6 is 11.3 Å². The fourth-order valence-corrected chi connectivity index (χ4v) is 4.39. The van der Waals surface area contributed by atoms with Crippen LogP contribution < -0.4 is 16.4 Å². The molecular weight excluding hydrogens is 426 g/mol. The lowest BCUT2D eigenvalue weighted by atomic mass is 10.2. The van der Waals surface area contributed by atoms with Crippen LogP contribution in [0.15, 0.2) is 46.9 Å². The van der Waals surface area contributed by atoms with E-state index in [1.165, 1.54) is 12.4 Å². The summed E-state index contributed by atoms with van der Waals surface area (Å²) in [5.41, 5.74) is 6.81. The third-order valence-electron chi connectivity index (χ3n) is 5.26. The topological polar surface area (TPSA) is 137 Å². The Morgan fingerprint density at radius 3 is 2.97 bits per heavy atom. The van der Waals surface area contributed by atoms with E-state index in [0.717, 1.165) is 26.4 Å². The van der Waals surface area contributed by atoms with Gasteiger partial charge in [0.2, 0.25) is 5.91 Å². The minimum atomic E-state index is -0.311. The van der Waals surface area contributed by atoms with E-state index in [1.807, 2.05) is 31.0 Å². The van der Waals surface area contributed by atoms with E-state index in [4.69, 9.17) is 11.1 Å². The maximum absolute atomic E-state index is 12.7. The number of nitrogens with zero attached hydrogens (tertiary/aromatic N) is 3. The number of hydrogen-bond donors (Lipinski definition) is 4. The van der Waals surface area contributed by atoms with E-state index in [1.54, 1.807) is 23.6 Å². The van der Waals surface area contributed by atoms with Gasteiger partial charge in [-0.25, -0.2) is 9.98 Å². The van der Waals surface area contributed by atoms with Crippen molar-refractivity contribution in [1.29, 1.82) is 5.41 Å². The first-order valence-electron chi connectivity index (χ1n) is 10.2. The van der Waals surface area contributed by atoms with Crippen molar-refractivity contribution in [3.8, 4) is 0 Å². The number of amides is 1. The van der Waals surface area contributed by atoms with Gasteiger partial charge < -0.3 is 26.7 Å². The number of nitrogens with one attached hydrogen (secondary N) is 3. The van der Waals surface area contributed by atoms with Gasteiger partial charge >= 0.3 is 0 Å². The van der Waals surface area contributed by atoms with Crippen LogP contribution in [0.25, 0.3) is 10.1 Å². The Bertz CT molecular complexity index is 1100. The van der Waals surface area contributed by atoms with Crippen molar-refractivity contribution in [2.45, 2.75) is 32.4 Å². The first-order chi connectivity index (χ1) is 15.4. The predicted molar refractivity (Wildman–Crippen MR) is 129 cm³/mol. The number of rotatable bonds is 9. The summed E-state index contributed by atoms with van der Waals surface area (Å²) in [6.07, 6.45) is 8.23. The molecule has 1 amide bonds. The number of aldehydes is 1. The molecule has 1 aliphatic heterocycles. The van der Waals surface area contributed by atoms with Crippen LogP contribution in [0.5, 0.6) is 0 Å². The molecular formula is C22H27N7O2S. The number of amidine groups is 1. The molecule has 9 nitrogen and oxygen atoms in total. The van der Waals surface area contributed by atoms with Gasteiger partial charge in [0.25, 0.3) is 0 Å². The van der Waals surface area contributed by atoms with E-state index in [2.05, 4.69) is 20.6 Å². The summed E-state index contributed by atoms with van der Waals surface area (Å²) in [7, 11) is 1.83. The number of allylic oxidation sites excluding steroid dienone is 2. The van der Waals surface area contributed by atoms with Crippen molar-refractivity contribution in [3.05, 3.63) is 46.8 Å². The van der Waals surface area contributed by atoms with Crippen LogP contribution in [0.1, 0.15) is 24.6 Å². The number of carbonyl (C=O) groups is 2. The molecule has 0 radical (unpaired) electrons. The second-order valence-corrected chi connectivity index (χ2v) is 8.52. The van der Waals surface area contributed by atoms with Crippen LogP contribution in [0.4, 0.5) is 5.82 Å². The van der Waals surface area contributed by atoms with Gasteiger partial charge in [0, 0.05) is 47.4 Å². The smallest absolute Gasteiger partial charge is 0.243 e. The Hall–Kier alpha value is -3.53. The summed E-state index contributed by atoms with van der Waals surface area (Å²) < 4.78 is 1.04. The van der Waals surface area contributed by atoms with Gasteiger partial charge in [-0.05, 0) is 31.1 Å². The molecule has 1 unspecified atom stereocenters. The van der Waals surface area contributed by atoms with Crippen LogP contribution in [0, 0.1) is 5.41 Å². The number of fused-ring (bicyclic) bond motifs is 1. The number of nitrogens with two attached hydrogens (primary N) is 1. The predicted octanol–water partition coefficient (Wildman–Crippen LogP) is 2.21. The van der Waals surface area contributed by atoms with Gasteiger partial charge in [-0.3, -0.25) is 9.59 Å². The van der Waals surface area contributed by atoms with Crippen LogP contribution in [-0.2, 0) is 16.1 Å². The molecule has 0 aliphatic carbocycles. The molecule has 2 aromatic heterocycles. The molecule has 3 heterocycles. The van der Waals surface area contributed by atoms with E-state index in [-0.39, 0.29) is 11.9 Å². The molecule has 168 valence electrons. The summed E-state index contributed by atoms with van der Waals surface area (Å²) in [4.78, 5) is 35.4. The monoisotopic (exact) mass is 453 g/mol. The molecule has 0 aromatic carbocycles. The number of likely N-dealkylation sites (tertiary alicyclic amines) is 1. The number of thiophene rings is 1. The molecule has 32 heavy (non-hydrogen) atoms. The number of hydrogen-bond acceptors (Lipinski definition) is 8. The highest BCUT2D eigenvalue weighted by Crippen LogP contribution is 2.26. The number of carbonyl (C=O) groups excluding carboxylic acids is 2. The van der Waals surface area contributed by atoms with E-state index >= 15 is 0 Å². The zero-order valence-corrected chi connectivity index (χ0v) is 18.9. The standard InChI is InChI=1S/C22H27N7O2S/c1-3-14(8-23)9-25-16(13-30)11-27-21-5-4-18(29(21)2)22(31)28-12-17-6-15-10-26-20(24)7-19(15)32-17/h3,6-8,10-11,13,18,23,25H,4-5,9,12H2,1-2H3,(H2,24,26)(H,28,31)/b14-3+,16-11+,23-8?,27-21?. The highest BCUT2D eigenvalue weighted by atomic mass is 32.1. The van der Waals surface area contributed by atoms with Crippen LogP contribution in [-0.4, -0.2) is 53.8 Å². The number of pyridine rings is 1. The van der Waals surface area contributed by atoms with Gasteiger partial charge in [0.15, 0.2) is 6.29 Å². The molecule has 0 saturated carbocycles. The number of aromatic nitrogens is 1. The second kappa shape index (κ2) is 10.7. The molecule has 10 heteroatoms. The highest BCUT2D eigenvalue weighted by Gasteiger charge is 2.31. The van der Waals surface area contributed by atoms with E-state index < -0.39 is 0 Å². The Morgan fingerprint density at radius 2 is 2.25 bits per heavy atom. The highest BCUT2D eigenvalue weighted by molar-refractivity contribution is 7.19. The summed E-state index contributed by atoms with van der Waals surface area (Å²) in [6.45, 7) is 2.64. The van der Waals surface area contributed by atoms with Gasteiger partial charge in [-0.1, -0.05) is 6.08 Å². The molecule has 3 rings (SSSR count). The maximum Gasteiger partial charge on any atom is 0.243 e. The molecule has 1 aliphatic rings. The summed E-state index contributed by atoms with van der Waals surface area (Å²) in [5, 5.41) is 14.3. The van der Waals surface area contributed by atoms with Crippen molar-refractivity contribution in [2.75, 3.05) is 19.3 Å². The van der Waals surface area contributed by atoms with Crippen molar-refractivity contribution in [1.82, 2.24) is 20.5 Å². The van der Waals surface area contributed by atoms with Gasteiger partial charge in [-0.2, -0.15) is 0 Å². The van der Waals surface area contributed by atoms with Gasteiger partial charge in [-0.15, -0.1) is 11.3 Å². The summed E-state index contributed by atoms with van der Waals surface area (Å²) in [6, 6.07) is 3.53. The van der Waals surface area contributed by atoms with Crippen molar-refractivity contribution in [3.63, 3.8) is 0 Å². The largest absolute Gasteiger partial charge is 0.384 e. The van der Waals surface area contributed by atoms with Crippen molar-refractivity contribution >= 4 is 51.5 Å². The fraction of sp³-hybridized carbons (Fsp3) is 0.318. The van der Waals surface area contributed by atoms with E-state index in [9.17, 15) is 9.59 Å². The molecule has 2 aromatic rings. The SMILES string of the molecule is C/C=C(\C=N)CN/C(C=O)=C/N=C1CCC(C(=O)NCc2cc3cnc(N)cc3s2)N1C. The zero-order valence-electron chi connectivity index (χ0n) is 18.1. The first kappa shape index (κ1) is 23.1. The lowest BCUT2D eigenvalue weighted by molar-refractivity contribution is -0.124. The minimum Gasteiger partial charge on any atom is -0.384 e. The summed E-state index contributed by atoms with van der Waals surface area (Å²) in [5.74, 6) is 1.16. The Labute approximate surface area is 190 Å². The van der Waals surface area contributed by atoms with Gasteiger partial charge in [0.1, 0.15) is 17.7 Å². The Balaban J connectivity index is 1.58. The van der Waals surface area contributed by atoms with Crippen LogP contribution in [0.3, 0.4) is 0 Å². The lowest BCUT2D eigenvalue weighted by Gasteiger charge is -2.21. The van der Waals surface area contributed by atoms with Crippen LogP contribution in [0.2, 0.25) is 0 Å². The number of nitrogen functional groups attached to an aromatic ring is 1. The average molecular weight is 454 g/mol. The molecule has 0 bridgehead atoms. The number of anilines is 1. The van der Waals surface area contributed by atoms with Gasteiger partial charge in [0.05, 0.1) is 18.4 Å². The fourth-order valence-electron chi connectivity index (χ4n) is 3.36. The molecule has 0 spiro atoms. The minimum absolute atomic E-state index is 0.0609. The lowest BCUT2D eigenvalue weighted by Crippen LogP contribution is -2.42. The van der Waals surface area contributed by atoms with Crippen molar-refractivity contribution < 1.29 is 9.59 Å². The third-order valence-corrected chi connectivity index (χ3v) is 6.36. The first-order valence-corrected chi connectivity index (χ1v) is 11.0. The Morgan fingerprint density at radius 1 is 1.44 bits per heavy atom. The zero-order chi connectivity index (χ0) is 23.1. The quantitative estimate of drug-likeness (QED) is 0.261. The van der Waals surface area contributed by atoms with Crippen molar-refractivity contribution in [2.24, 2.45) is 4.99 Å². The maximum atomic E-state index is 12.7. The number of aliphatic imine (C=N–C) groups is 1. The third kappa shape index (κ3) is 5.58. The molecule has 1 fully saturated rings.